The molecule has 2 atom stereocenters. The maximum atomic E-state index is 9.62. The molecule has 2 saturated heterocycles. The summed E-state index contributed by atoms with van der Waals surface area (Å²) < 4.78 is 19.2. The number of benzene rings is 3. The molecule has 25 heteroatoms. The average molecular weight is 1110 g/mol. The van der Waals surface area contributed by atoms with Crippen LogP contribution < -0.4 is 26.6 Å². The van der Waals surface area contributed by atoms with Crippen LogP contribution in [0.5, 0.6) is 0 Å². The van der Waals surface area contributed by atoms with E-state index in [9.17, 15) is 5.11 Å². The minimum absolute atomic E-state index is 0.0725. The molecule has 0 unspecified atom stereocenters. The Balaban J connectivity index is 0.000000115. The van der Waals surface area contributed by atoms with E-state index in [1.165, 1.54) is 29.1 Å². The van der Waals surface area contributed by atoms with Crippen molar-refractivity contribution in [2.45, 2.75) is 37.8 Å². The number of aliphatic hydroxyl groups excluding tert-OH is 2. The van der Waals surface area contributed by atoms with Gasteiger partial charge in [-0.25, -0.2) is 19.9 Å². The second-order valence-electron chi connectivity index (χ2n) is 16.3. The standard InChI is InChI=1S/C18H17N5O2S.C13H7ClN4OS.C7H6N2O.C6H2Cl2N2S.C5H11NO/c24-10-11-4-3-8-23(11)17-19-13-7-9-26-15(13)16(21-17)22-18-20-12-5-1-2-6-14(12)25-18;14-12-15-8-5-6-20-10(8)11(17-12)18-13-16-7-3-1-2-4-9(7)19-13;8-7-9-5-3-1-2-4-6(5)10-7;7-5-4-3(1-2-11-4)9-6(8)10-5;7-4-5-2-1-3-6-5/h1-2,5-7,9,11,24H,3-4,8,10H2,(H,19,20,21,22);1-6H,(H,15,16,17,18);1-4H,(H2,8,9);1-2H;5-7H,1-4H2/t11-;;;;5-/m0...0/s1. The topological polar surface area (TPSA) is 261 Å². The van der Waals surface area contributed by atoms with Crippen molar-refractivity contribution in [1.29, 1.82) is 0 Å². The smallest absolute Gasteiger partial charge is 0.301 e. The maximum absolute atomic E-state index is 9.62. The summed E-state index contributed by atoms with van der Waals surface area (Å²) >= 11 is 21.9. The summed E-state index contributed by atoms with van der Waals surface area (Å²) in [4.78, 5) is 40.4. The number of halogens is 3. The molecule has 3 aromatic carbocycles. The maximum Gasteiger partial charge on any atom is 0.301 e. The number of fused-ring (bicyclic) bond motifs is 6. The average Bonchev–Trinajstić information content (AvgIpc) is 4.26. The number of nitrogens with zero attached hydrogens (tertiary/aromatic N) is 10. The molecule has 2 aliphatic rings. The number of nitrogens with two attached hydrogens (primary N) is 1. The molecule has 74 heavy (non-hydrogen) atoms. The fraction of sp³-hybridized carbons (Fsp3) is 0.204. The largest absolute Gasteiger partial charge is 0.424 e. The Kier molecular flexibility index (Phi) is 16.1. The van der Waals surface area contributed by atoms with E-state index >= 15 is 0 Å². The van der Waals surface area contributed by atoms with E-state index in [4.69, 9.17) is 63.9 Å². The molecule has 9 aromatic heterocycles. The van der Waals surface area contributed by atoms with Gasteiger partial charge < -0.3 is 39.4 Å². The fourth-order valence-corrected chi connectivity index (χ4v) is 10.9. The third-order valence-corrected chi connectivity index (χ3v) is 14.8. The first-order valence-corrected chi connectivity index (χ1v) is 26.8. The van der Waals surface area contributed by atoms with E-state index in [1.54, 1.807) is 11.3 Å². The number of nitrogens with one attached hydrogen (secondary N) is 3. The van der Waals surface area contributed by atoms with Gasteiger partial charge in [-0.1, -0.05) is 48.0 Å². The molecule has 2 fully saturated rings. The molecular weight excluding hydrogens is 1070 g/mol. The molecule has 12 aromatic rings. The van der Waals surface area contributed by atoms with E-state index in [2.05, 4.69) is 60.7 Å². The Bertz CT molecular complexity index is 3700. The highest BCUT2D eigenvalue weighted by Crippen LogP contribution is 2.34. The van der Waals surface area contributed by atoms with Gasteiger partial charge in [0, 0.05) is 12.6 Å². The predicted octanol–water partition coefficient (Wildman–Crippen LogP) is 11.9. The van der Waals surface area contributed by atoms with Crippen LogP contribution in [0.25, 0.3) is 63.9 Å². The number of rotatable bonds is 7. The zero-order valence-corrected chi connectivity index (χ0v) is 43.4. The van der Waals surface area contributed by atoms with Gasteiger partial charge in [-0.15, -0.1) is 34.0 Å². The Morgan fingerprint density at radius 1 is 0.568 bits per heavy atom. The lowest BCUT2D eigenvalue weighted by Crippen LogP contribution is -2.33. The Morgan fingerprint density at radius 2 is 1.09 bits per heavy atom. The number of aliphatic hydroxyl groups is 2. The number of nitrogen functional groups attached to an aromatic ring is 1. The van der Waals surface area contributed by atoms with Gasteiger partial charge in [0.25, 0.3) is 6.01 Å². The zero-order valence-electron chi connectivity index (χ0n) is 38.7. The molecule has 0 aliphatic carbocycles. The van der Waals surface area contributed by atoms with Gasteiger partial charge in [-0.2, -0.15) is 24.9 Å². The summed E-state index contributed by atoms with van der Waals surface area (Å²) in [5.74, 6) is 1.91. The van der Waals surface area contributed by atoms with Crippen LogP contribution in [0.15, 0.2) is 120 Å². The van der Waals surface area contributed by atoms with Gasteiger partial charge in [0.05, 0.1) is 49.9 Å². The van der Waals surface area contributed by atoms with Crippen molar-refractivity contribution in [1.82, 2.24) is 50.2 Å². The first kappa shape index (κ1) is 50.7. The molecule has 14 rings (SSSR count). The van der Waals surface area contributed by atoms with Crippen LogP contribution in [-0.4, -0.2) is 93.5 Å². The molecule has 0 amide bonds. The van der Waals surface area contributed by atoms with E-state index in [-0.39, 0.29) is 29.2 Å². The van der Waals surface area contributed by atoms with Crippen molar-refractivity contribution in [2.24, 2.45) is 0 Å². The van der Waals surface area contributed by atoms with Crippen molar-refractivity contribution in [2.75, 3.05) is 47.6 Å². The summed E-state index contributed by atoms with van der Waals surface area (Å²) in [7, 11) is 0. The predicted molar refractivity (Wildman–Crippen MR) is 296 cm³/mol. The lowest BCUT2D eigenvalue weighted by atomic mass is 10.2. The number of para-hydroxylation sites is 6. The lowest BCUT2D eigenvalue weighted by molar-refractivity contribution is 0.255. The molecule has 19 nitrogen and oxygen atoms in total. The van der Waals surface area contributed by atoms with E-state index in [0.717, 1.165) is 96.3 Å². The molecule has 2 aliphatic heterocycles. The number of anilines is 6. The number of aromatic nitrogens is 9. The molecule has 7 N–H and O–H groups in total. The van der Waals surface area contributed by atoms with Gasteiger partial charge in [-0.05, 0) is 126 Å². The van der Waals surface area contributed by atoms with Gasteiger partial charge in [0.2, 0.25) is 16.5 Å². The third-order valence-electron chi connectivity index (χ3n) is 11.4. The van der Waals surface area contributed by atoms with E-state index in [0.29, 0.717) is 47.4 Å². The van der Waals surface area contributed by atoms with Crippen LogP contribution in [0.1, 0.15) is 25.7 Å². The summed E-state index contributed by atoms with van der Waals surface area (Å²) in [5.41, 5.74) is 12.4. The number of hydrogen-bond donors (Lipinski definition) is 6. The van der Waals surface area contributed by atoms with Crippen LogP contribution in [0, 0.1) is 0 Å². The van der Waals surface area contributed by atoms with Gasteiger partial charge in [0.15, 0.2) is 33.5 Å². The Labute approximate surface area is 447 Å². The minimum atomic E-state index is 0.0725. The van der Waals surface area contributed by atoms with Crippen molar-refractivity contribution < 1.29 is 23.5 Å². The monoisotopic (exact) mass is 1110 g/mol. The molecule has 0 spiro atoms. The van der Waals surface area contributed by atoms with Gasteiger partial charge >= 0.3 is 12.0 Å². The molecule has 0 saturated carbocycles. The number of hydrogen-bond acceptors (Lipinski definition) is 22. The van der Waals surface area contributed by atoms with Gasteiger partial charge in [0.1, 0.15) is 16.6 Å². The lowest BCUT2D eigenvalue weighted by Gasteiger charge is -2.23. The first-order valence-electron chi connectivity index (χ1n) is 23.0. The number of oxazole rings is 3. The second-order valence-corrected chi connectivity index (χ2v) is 20.1. The summed E-state index contributed by atoms with van der Waals surface area (Å²) in [5, 5.41) is 34.2. The second kappa shape index (κ2) is 23.6. The summed E-state index contributed by atoms with van der Waals surface area (Å²) in [6.45, 7) is 2.35. The molecule has 11 heterocycles. The SMILES string of the molecule is Clc1nc(Cl)c2sccc2n1.Clc1nc(Nc2nc3ccccc3o2)c2sccc2n1.Nc1nc2ccccc2o1.OC[C@@H]1CCCN1.OC[C@@H]1CCCN1c1nc(Nc2nc3ccccc3o2)c2sccc2n1. The first-order chi connectivity index (χ1) is 36.2. The molecular formula is C49H43Cl3N14O5S3. The van der Waals surface area contributed by atoms with Crippen LogP contribution in [0.2, 0.25) is 15.7 Å². The van der Waals surface area contributed by atoms with E-state index < -0.39 is 0 Å². The van der Waals surface area contributed by atoms with Crippen LogP contribution in [-0.2, 0) is 0 Å². The highest BCUT2D eigenvalue weighted by atomic mass is 35.5. The summed E-state index contributed by atoms with van der Waals surface area (Å²) in [6, 6.07) is 29.9. The molecule has 0 bridgehead atoms. The van der Waals surface area contributed by atoms with Crippen molar-refractivity contribution in [3.05, 3.63) is 123 Å². The minimum Gasteiger partial charge on any atom is -0.424 e. The molecule has 378 valence electrons. The highest BCUT2D eigenvalue weighted by molar-refractivity contribution is 7.18. The zero-order chi connectivity index (χ0) is 51.0. The van der Waals surface area contributed by atoms with Gasteiger partial charge in [-0.3, -0.25) is 10.6 Å². The summed E-state index contributed by atoms with van der Waals surface area (Å²) in [6.07, 6.45) is 4.36. The van der Waals surface area contributed by atoms with Crippen LogP contribution in [0.4, 0.5) is 35.6 Å². The van der Waals surface area contributed by atoms with Crippen molar-refractivity contribution >= 4 is 168 Å². The van der Waals surface area contributed by atoms with Crippen molar-refractivity contribution in [3.8, 4) is 0 Å². The van der Waals surface area contributed by atoms with E-state index in [1.807, 2.05) is 107 Å². The Morgan fingerprint density at radius 3 is 1.64 bits per heavy atom. The normalized spacial score (nSPS) is 15.1. The molecule has 0 radical (unpaired) electrons. The quantitative estimate of drug-likeness (QED) is 0.0640. The third kappa shape index (κ3) is 12.0. The van der Waals surface area contributed by atoms with Crippen LogP contribution in [0.3, 0.4) is 0 Å². The fourth-order valence-electron chi connectivity index (χ4n) is 7.93. The van der Waals surface area contributed by atoms with Crippen LogP contribution >= 0.6 is 68.8 Å². The van der Waals surface area contributed by atoms with Crippen molar-refractivity contribution in [3.63, 3.8) is 0 Å². The highest BCUT2D eigenvalue weighted by Gasteiger charge is 2.27. The number of thiophene rings is 3. The Hall–Kier alpha value is -6.86.